The summed E-state index contributed by atoms with van der Waals surface area (Å²) in [5, 5.41) is 3.69. The fourth-order valence-corrected chi connectivity index (χ4v) is 2.60. The largest absolute Gasteiger partial charge is 0.490 e. The van der Waals surface area contributed by atoms with E-state index in [0.29, 0.717) is 17.5 Å². The summed E-state index contributed by atoms with van der Waals surface area (Å²) in [4.78, 5) is 0. The summed E-state index contributed by atoms with van der Waals surface area (Å²) < 4.78 is 11.4. The molecule has 3 rings (SSSR count). The minimum atomic E-state index is 0.351. The van der Waals surface area contributed by atoms with Gasteiger partial charge in [-0.25, -0.2) is 0 Å². The predicted octanol–water partition coefficient (Wildman–Crippen LogP) is 3.30. The van der Waals surface area contributed by atoms with E-state index in [1.807, 2.05) is 6.07 Å². The molecule has 2 unspecified atom stereocenters. The van der Waals surface area contributed by atoms with Crippen molar-refractivity contribution in [1.82, 2.24) is 5.32 Å². The van der Waals surface area contributed by atoms with Gasteiger partial charge in [0.05, 0.1) is 13.2 Å². The lowest BCUT2D eigenvalue weighted by Gasteiger charge is -2.17. The predicted molar refractivity (Wildman–Crippen MR) is 75.8 cm³/mol. The minimum Gasteiger partial charge on any atom is -0.490 e. The average molecular weight is 261 g/mol. The number of fused-ring (bicyclic) bond motifs is 1. The Morgan fingerprint density at radius 3 is 2.58 bits per heavy atom. The van der Waals surface area contributed by atoms with Crippen molar-refractivity contribution >= 4 is 0 Å². The summed E-state index contributed by atoms with van der Waals surface area (Å²) in [6.07, 6.45) is 2.22. The quantitative estimate of drug-likeness (QED) is 0.905. The highest BCUT2D eigenvalue weighted by Gasteiger charge is 2.45. The SMILES string of the molecule is CC(NC1CC1(C)C)c1ccc2c(c1)OCCCO2. The number of nitrogens with one attached hydrogen (secondary N) is 1. The lowest BCUT2D eigenvalue weighted by molar-refractivity contribution is 0.297. The molecule has 1 aromatic rings. The summed E-state index contributed by atoms with van der Waals surface area (Å²) in [7, 11) is 0. The van der Waals surface area contributed by atoms with Crippen LogP contribution in [0.3, 0.4) is 0 Å². The van der Waals surface area contributed by atoms with E-state index >= 15 is 0 Å². The first-order valence-electron chi connectivity index (χ1n) is 7.22. The maximum absolute atomic E-state index is 5.75. The maximum Gasteiger partial charge on any atom is 0.161 e. The van der Waals surface area contributed by atoms with E-state index in [1.54, 1.807) is 0 Å². The molecule has 2 aliphatic rings. The Balaban J connectivity index is 1.72. The molecule has 1 N–H and O–H groups in total. The van der Waals surface area contributed by atoms with Gasteiger partial charge in [-0.3, -0.25) is 0 Å². The second-order valence-corrected chi connectivity index (χ2v) is 6.39. The van der Waals surface area contributed by atoms with Crippen molar-refractivity contribution < 1.29 is 9.47 Å². The Hall–Kier alpha value is -1.22. The monoisotopic (exact) mass is 261 g/mol. The van der Waals surface area contributed by atoms with Gasteiger partial charge in [-0.1, -0.05) is 19.9 Å². The van der Waals surface area contributed by atoms with Crippen LogP contribution in [0, 0.1) is 5.41 Å². The Morgan fingerprint density at radius 1 is 1.21 bits per heavy atom. The van der Waals surface area contributed by atoms with Gasteiger partial charge in [-0.2, -0.15) is 0 Å². The first-order chi connectivity index (χ1) is 9.06. The van der Waals surface area contributed by atoms with E-state index in [1.165, 1.54) is 12.0 Å². The molecule has 3 heteroatoms. The van der Waals surface area contributed by atoms with E-state index in [0.717, 1.165) is 31.1 Å². The molecule has 1 heterocycles. The van der Waals surface area contributed by atoms with Crippen LogP contribution in [-0.2, 0) is 0 Å². The van der Waals surface area contributed by atoms with Crippen LogP contribution >= 0.6 is 0 Å². The highest BCUT2D eigenvalue weighted by molar-refractivity contribution is 5.44. The van der Waals surface area contributed by atoms with Crippen LogP contribution in [0.25, 0.3) is 0 Å². The molecular weight excluding hydrogens is 238 g/mol. The number of hydrogen-bond acceptors (Lipinski definition) is 3. The van der Waals surface area contributed by atoms with Crippen molar-refractivity contribution in [3.05, 3.63) is 23.8 Å². The van der Waals surface area contributed by atoms with Crippen LogP contribution in [-0.4, -0.2) is 19.3 Å². The smallest absolute Gasteiger partial charge is 0.161 e. The van der Waals surface area contributed by atoms with Crippen LogP contribution in [0.5, 0.6) is 11.5 Å². The van der Waals surface area contributed by atoms with Crippen molar-refractivity contribution in [2.45, 2.75) is 45.7 Å². The minimum absolute atomic E-state index is 0.351. The zero-order valence-corrected chi connectivity index (χ0v) is 12.0. The lowest BCUT2D eigenvalue weighted by Crippen LogP contribution is -2.24. The van der Waals surface area contributed by atoms with E-state index < -0.39 is 0 Å². The molecule has 104 valence electrons. The van der Waals surface area contributed by atoms with Gasteiger partial charge in [0.25, 0.3) is 0 Å². The normalized spacial score (nSPS) is 25.5. The summed E-state index contributed by atoms with van der Waals surface area (Å²) >= 11 is 0. The van der Waals surface area contributed by atoms with Crippen LogP contribution in [0.4, 0.5) is 0 Å². The molecule has 3 nitrogen and oxygen atoms in total. The van der Waals surface area contributed by atoms with Crippen LogP contribution in [0.15, 0.2) is 18.2 Å². The lowest BCUT2D eigenvalue weighted by atomic mass is 10.1. The second-order valence-electron chi connectivity index (χ2n) is 6.39. The molecule has 0 amide bonds. The number of rotatable bonds is 3. The third-order valence-electron chi connectivity index (χ3n) is 4.24. The van der Waals surface area contributed by atoms with Crippen molar-refractivity contribution in [1.29, 1.82) is 0 Å². The molecule has 19 heavy (non-hydrogen) atoms. The Labute approximate surface area is 115 Å². The summed E-state index contributed by atoms with van der Waals surface area (Å²) in [5.74, 6) is 1.76. The van der Waals surface area contributed by atoms with Gasteiger partial charge in [0.1, 0.15) is 0 Å². The molecule has 1 fully saturated rings. The molecule has 0 radical (unpaired) electrons. The topological polar surface area (TPSA) is 30.5 Å². The molecule has 0 bridgehead atoms. The van der Waals surface area contributed by atoms with Crippen LogP contribution < -0.4 is 14.8 Å². The van der Waals surface area contributed by atoms with Crippen molar-refractivity contribution in [3.8, 4) is 11.5 Å². The third-order valence-corrected chi connectivity index (χ3v) is 4.24. The summed E-state index contributed by atoms with van der Waals surface area (Å²) in [5.41, 5.74) is 1.73. The highest BCUT2D eigenvalue weighted by atomic mass is 16.5. The third kappa shape index (κ3) is 2.71. The van der Waals surface area contributed by atoms with Gasteiger partial charge in [0.15, 0.2) is 11.5 Å². The molecular formula is C16H23NO2. The van der Waals surface area contributed by atoms with E-state index in [4.69, 9.17) is 9.47 Å². The second kappa shape index (κ2) is 4.71. The number of benzene rings is 1. The Kier molecular flexibility index (Phi) is 3.17. The molecule has 2 atom stereocenters. The van der Waals surface area contributed by atoms with E-state index in [2.05, 4.69) is 38.2 Å². The summed E-state index contributed by atoms with van der Waals surface area (Å²) in [6.45, 7) is 8.33. The molecule has 1 saturated carbocycles. The van der Waals surface area contributed by atoms with Crippen molar-refractivity contribution in [2.75, 3.05) is 13.2 Å². The highest BCUT2D eigenvalue weighted by Crippen LogP contribution is 2.46. The molecule has 1 aliphatic heterocycles. The van der Waals surface area contributed by atoms with Crippen LogP contribution in [0.2, 0.25) is 0 Å². The molecule has 0 aromatic heterocycles. The molecule has 0 spiro atoms. The Morgan fingerprint density at radius 2 is 1.89 bits per heavy atom. The van der Waals surface area contributed by atoms with Gasteiger partial charge in [-0.15, -0.1) is 0 Å². The molecule has 0 saturated heterocycles. The van der Waals surface area contributed by atoms with Crippen molar-refractivity contribution in [2.24, 2.45) is 5.41 Å². The van der Waals surface area contributed by atoms with E-state index in [-0.39, 0.29) is 0 Å². The zero-order chi connectivity index (χ0) is 13.5. The van der Waals surface area contributed by atoms with Gasteiger partial charge in [0, 0.05) is 18.5 Å². The van der Waals surface area contributed by atoms with Crippen molar-refractivity contribution in [3.63, 3.8) is 0 Å². The molecule has 1 aliphatic carbocycles. The molecule has 1 aromatic carbocycles. The fourth-order valence-electron chi connectivity index (χ4n) is 2.60. The van der Waals surface area contributed by atoms with Gasteiger partial charge < -0.3 is 14.8 Å². The first kappa shape index (κ1) is 12.8. The fraction of sp³-hybridized carbons (Fsp3) is 0.625. The van der Waals surface area contributed by atoms with Gasteiger partial charge >= 0.3 is 0 Å². The standard InChI is InChI=1S/C16H23NO2/c1-11(17-15-10-16(15,2)3)12-5-6-13-14(9-12)19-8-4-7-18-13/h5-6,9,11,15,17H,4,7-8,10H2,1-3H3. The summed E-state index contributed by atoms with van der Waals surface area (Å²) in [6, 6.07) is 7.28. The van der Waals surface area contributed by atoms with Crippen LogP contribution in [0.1, 0.15) is 45.2 Å². The zero-order valence-electron chi connectivity index (χ0n) is 12.0. The van der Waals surface area contributed by atoms with E-state index in [9.17, 15) is 0 Å². The number of hydrogen-bond donors (Lipinski definition) is 1. The Bertz CT molecular complexity index is 470. The van der Waals surface area contributed by atoms with Gasteiger partial charge in [0.2, 0.25) is 0 Å². The first-order valence-corrected chi connectivity index (χ1v) is 7.22. The maximum atomic E-state index is 5.75. The average Bonchev–Trinajstić information content (AvgIpc) is 3.04. The van der Waals surface area contributed by atoms with Gasteiger partial charge in [-0.05, 0) is 36.5 Å². The number of ether oxygens (including phenoxy) is 2.